The summed E-state index contributed by atoms with van der Waals surface area (Å²) in [6.45, 7) is 12.1. The van der Waals surface area contributed by atoms with Crippen LogP contribution in [0, 0.1) is 23.7 Å². The molecular weight excluding hydrogens is 232 g/mol. The number of hydrogen-bond donors (Lipinski definition) is 1. The molecule has 0 radical (unpaired) electrons. The third kappa shape index (κ3) is 3.72. The fourth-order valence-electron chi connectivity index (χ4n) is 4.12. The molecule has 0 amide bonds. The smallest absolute Gasteiger partial charge is 0.00926 e. The summed E-state index contributed by atoms with van der Waals surface area (Å²) >= 11 is 0. The zero-order chi connectivity index (χ0) is 14.0. The second-order valence-electron chi connectivity index (χ2n) is 7.60. The van der Waals surface area contributed by atoms with Gasteiger partial charge in [-0.3, -0.25) is 0 Å². The van der Waals surface area contributed by atoms with E-state index in [-0.39, 0.29) is 0 Å². The molecule has 2 heteroatoms. The lowest BCUT2D eigenvalue weighted by atomic mass is 9.73. The fourth-order valence-corrected chi connectivity index (χ4v) is 4.12. The van der Waals surface area contributed by atoms with Gasteiger partial charge in [-0.15, -0.1) is 0 Å². The molecule has 2 nitrogen and oxygen atoms in total. The normalized spacial score (nSPS) is 41.7. The lowest BCUT2D eigenvalue weighted by molar-refractivity contribution is 0.0677. The SMILES string of the molecule is CC(C)C1CCC(N)C(CN2CCCC(C)C2C)C1. The van der Waals surface area contributed by atoms with E-state index in [1.165, 1.54) is 45.2 Å². The summed E-state index contributed by atoms with van der Waals surface area (Å²) in [5.41, 5.74) is 6.41. The van der Waals surface area contributed by atoms with E-state index >= 15 is 0 Å². The Labute approximate surface area is 120 Å². The minimum absolute atomic E-state index is 0.444. The van der Waals surface area contributed by atoms with Crippen molar-refractivity contribution < 1.29 is 0 Å². The van der Waals surface area contributed by atoms with Crippen LogP contribution in [-0.2, 0) is 0 Å². The summed E-state index contributed by atoms with van der Waals surface area (Å²) in [6.07, 6.45) is 6.73. The molecule has 1 aliphatic heterocycles. The van der Waals surface area contributed by atoms with E-state index in [0.29, 0.717) is 6.04 Å². The lowest BCUT2D eigenvalue weighted by Gasteiger charge is -2.43. The molecule has 1 saturated heterocycles. The van der Waals surface area contributed by atoms with Gasteiger partial charge in [0.15, 0.2) is 0 Å². The first-order valence-electron chi connectivity index (χ1n) is 8.48. The Morgan fingerprint density at radius 1 is 1.16 bits per heavy atom. The average Bonchev–Trinajstić information content (AvgIpc) is 2.37. The monoisotopic (exact) mass is 266 g/mol. The molecule has 2 fully saturated rings. The first kappa shape index (κ1) is 15.3. The van der Waals surface area contributed by atoms with Crippen molar-refractivity contribution >= 4 is 0 Å². The summed E-state index contributed by atoms with van der Waals surface area (Å²) in [6, 6.07) is 1.19. The highest BCUT2D eigenvalue weighted by atomic mass is 15.2. The van der Waals surface area contributed by atoms with Crippen LogP contribution < -0.4 is 5.73 Å². The zero-order valence-electron chi connectivity index (χ0n) is 13.4. The predicted molar refractivity (Wildman–Crippen MR) is 83.1 cm³/mol. The van der Waals surface area contributed by atoms with E-state index in [4.69, 9.17) is 5.73 Å². The van der Waals surface area contributed by atoms with Crippen LogP contribution in [0.2, 0.25) is 0 Å². The molecule has 0 aromatic heterocycles. The van der Waals surface area contributed by atoms with E-state index < -0.39 is 0 Å². The van der Waals surface area contributed by atoms with E-state index in [1.807, 2.05) is 0 Å². The number of nitrogens with two attached hydrogens (primary N) is 1. The van der Waals surface area contributed by atoms with Crippen LogP contribution in [0.1, 0.15) is 59.8 Å². The van der Waals surface area contributed by atoms with E-state index in [1.54, 1.807) is 0 Å². The maximum absolute atomic E-state index is 6.41. The van der Waals surface area contributed by atoms with Gasteiger partial charge in [0.1, 0.15) is 0 Å². The van der Waals surface area contributed by atoms with Crippen LogP contribution in [-0.4, -0.2) is 30.1 Å². The Kier molecular flexibility index (Phi) is 5.30. The summed E-state index contributed by atoms with van der Waals surface area (Å²) in [7, 11) is 0. The Bertz CT molecular complexity index is 276. The molecule has 5 atom stereocenters. The molecule has 2 rings (SSSR count). The molecule has 1 heterocycles. The van der Waals surface area contributed by atoms with Gasteiger partial charge >= 0.3 is 0 Å². The number of rotatable bonds is 3. The minimum Gasteiger partial charge on any atom is -0.327 e. The molecule has 0 aromatic carbocycles. The largest absolute Gasteiger partial charge is 0.327 e. The molecule has 0 bridgehead atoms. The second-order valence-corrected chi connectivity index (χ2v) is 7.60. The summed E-state index contributed by atoms with van der Waals surface area (Å²) in [5, 5.41) is 0. The molecule has 0 spiro atoms. The third-order valence-electron chi connectivity index (χ3n) is 6.00. The van der Waals surface area contributed by atoms with E-state index in [2.05, 4.69) is 32.6 Å². The van der Waals surface area contributed by atoms with E-state index in [0.717, 1.165) is 29.7 Å². The first-order valence-corrected chi connectivity index (χ1v) is 8.48. The predicted octanol–water partition coefficient (Wildman–Crippen LogP) is 3.51. The van der Waals surface area contributed by atoms with Gasteiger partial charge in [-0.05, 0) is 69.2 Å². The topological polar surface area (TPSA) is 29.3 Å². The van der Waals surface area contributed by atoms with Crippen LogP contribution >= 0.6 is 0 Å². The average molecular weight is 266 g/mol. The zero-order valence-corrected chi connectivity index (χ0v) is 13.4. The van der Waals surface area contributed by atoms with Crippen molar-refractivity contribution in [2.75, 3.05) is 13.1 Å². The minimum atomic E-state index is 0.444. The summed E-state index contributed by atoms with van der Waals surface area (Å²) in [4.78, 5) is 2.72. The van der Waals surface area contributed by atoms with Crippen molar-refractivity contribution in [3.05, 3.63) is 0 Å². The highest BCUT2D eigenvalue weighted by molar-refractivity contribution is 4.88. The number of hydrogen-bond acceptors (Lipinski definition) is 2. The van der Waals surface area contributed by atoms with E-state index in [9.17, 15) is 0 Å². The summed E-state index contributed by atoms with van der Waals surface area (Å²) < 4.78 is 0. The number of likely N-dealkylation sites (tertiary alicyclic amines) is 1. The lowest BCUT2D eigenvalue weighted by Crippen LogP contribution is -2.49. The van der Waals surface area contributed by atoms with Gasteiger partial charge in [-0.1, -0.05) is 20.8 Å². The Morgan fingerprint density at radius 2 is 1.89 bits per heavy atom. The van der Waals surface area contributed by atoms with Gasteiger partial charge in [0.05, 0.1) is 0 Å². The highest BCUT2D eigenvalue weighted by Crippen LogP contribution is 2.35. The van der Waals surface area contributed by atoms with Gasteiger partial charge < -0.3 is 10.6 Å². The Hall–Kier alpha value is -0.0800. The quantitative estimate of drug-likeness (QED) is 0.847. The van der Waals surface area contributed by atoms with Crippen molar-refractivity contribution in [2.24, 2.45) is 29.4 Å². The molecule has 5 unspecified atom stereocenters. The first-order chi connectivity index (χ1) is 8.99. The van der Waals surface area contributed by atoms with Crippen LogP contribution in [0.25, 0.3) is 0 Å². The molecular formula is C17H34N2. The molecule has 19 heavy (non-hydrogen) atoms. The maximum atomic E-state index is 6.41. The molecule has 1 aliphatic carbocycles. The van der Waals surface area contributed by atoms with Crippen molar-refractivity contribution in [3.8, 4) is 0 Å². The number of piperidine rings is 1. The summed E-state index contributed by atoms with van der Waals surface area (Å²) in [5.74, 6) is 3.32. The van der Waals surface area contributed by atoms with Crippen LogP contribution in [0.3, 0.4) is 0 Å². The molecule has 112 valence electrons. The van der Waals surface area contributed by atoms with Crippen molar-refractivity contribution in [3.63, 3.8) is 0 Å². The second kappa shape index (κ2) is 6.58. The Balaban J connectivity index is 1.92. The molecule has 0 aromatic rings. The van der Waals surface area contributed by atoms with Crippen LogP contribution in [0.4, 0.5) is 0 Å². The van der Waals surface area contributed by atoms with Crippen molar-refractivity contribution in [2.45, 2.75) is 71.9 Å². The van der Waals surface area contributed by atoms with Gasteiger partial charge in [0, 0.05) is 18.6 Å². The van der Waals surface area contributed by atoms with Crippen molar-refractivity contribution in [1.29, 1.82) is 0 Å². The standard InChI is InChI=1S/C17H34N2/c1-12(2)15-7-8-17(18)16(10-15)11-19-9-5-6-13(3)14(19)4/h12-17H,5-11,18H2,1-4H3. The number of nitrogens with zero attached hydrogens (tertiary/aromatic N) is 1. The van der Waals surface area contributed by atoms with Crippen LogP contribution in [0.5, 0.6) is 0 Å². The fraction of sp³-hybridized carbons (Fsp3) is 1.00. The Morgan fingerprint density at radius 3 is 2.58 bits per heavy atom. The van der Waals surface area contributed by atoms with Gasteiger partial charge in [0.25, 0.3) is 0 Å². The molecule has 2 aliphatic rings. The van der Waals surface area contributed by atoms with Crippen LogP contribution in [0.15, 0.2) is 0 Å². The molecule has 1 saturated carbocycles. The third-order valence-corrected chi connectivity index (χ3v) is 6.00. The maximum Gasteiger partial charge on any atom is 0.00926 e. The highest BCUT2D eigenvalue weighted by Gasteiger charge is 2.33. The van der Waals surface area contributed by atoms with Gasteiger partial charge in [-0.2, -0.15) is 0 Å². The van der Waals surface area contributed by atoms with Crippen molar-refractivity contribution in [1.82, 2.24) is 4.90 Å². The van der Waals surface area contributed by atoms with Gasteiger partial charge in [0.2, 0.25) is 0 Å². The van der Waals surface area contributed by atoms with Gasteiger partial charge in [-0.25, -0.2) is 0 Å². The molecule has 2 N–H and O–H groups in total.